The molecule has 0 N–H and O–H groups in total. The van der Waals surface area contributed by atoms with Crippen LogP contribution in [0.2, 0.25) is 0 Å². The standard InChI is InChI=1S/C7H13NO/c1-3-9-7-6(2)4-5-8-7/h6H,3-5H2,1-2H3. The lowest BCUT2D eigenvalue weighted by Gasteiger charge is -2.05. The maximum atomic E-state index is 5.27. The Kier molecular flexibility index (Phi) is 2.09. The number of hydrogen-bond donors (Lipinski definition) is 0. The summed E-state index contributed by atoms with van der Waals surface area (Å²) in [5, 5.41) is 0. The van der Waals surface area contributed by atoms with Crippen molar-refractivity contribution in [1.82, 2.24) is 0 Å². The summed E-state index contributed by atoms with van der Waals surface area (Å²) in [7, 11) is 0. The summed E-state index contributed by atoms with van der Waals surface area (Å²) in [6, 6.07) is 0. The molecule has 1 aliphatic rings. The van der Waals surface area contributed by atoms with Gasteiger partial charge < -0.3 is 4.74 Å². The highest BCUT2D eigenvalue weighted by molar-refractivity contribution is 5.79. The zero-order valence-corrected chi connectivity index (χ0v) is 6.05. The lowest BCUT2D eigenvalue weighted by Crippen LogP contribution is -2.09. The summed E-state index contributed by atoms with van der Waals surface area (Å²) < 4.78 is 5.27. The molecule has 0 bridgehead atoms. The van der Waals surface area contributed by atoms with Gasteiger partial charge in [-0.1, -0.05) is 6.92 Å². The predicted molar refractivity (Wildman–Crippen MR) is 37.7 cm³/mol. The van der Waals surface area contributed by atoms with Gasteiger partial charge in [-0.2, -0.15) is 0 Å². The third-order valence-electron chi connectivity index (χ3n) is 1.54. The molecule has 1 atom stereocenters. The van der Waals surface area contributed by atoms with Crippen molar-refractivity contribution in [2.24, 2.45) is 10.9 Å². The Labute approximate surface area is 55.9 Å². The fourth-order valence-electron chi connectivity index (χ4n) is 0.983. The van der Waals surface area contributed by atoms with Crippen molar-refractivity contribution < 1.29 is 4.74 Å². The average molecular weight is 127 g/mol. The number of hydrogen-bond acceptors (Lipinski definition) is 2. The van der Waals surface area contributed by atoms with Gasteiger partial charge in [-0.25, -0.2) is 0 Å². The van der Waals surface area contributed by atoms with Crippen LogP contribution in [0, 0.1) is 5.92 Å². The van der Waals surface area contributed by atoms with Gasteiger partial charge in [-0.05, 0) is 13.3 Å². The van der Waals surface area contributed by atoms with Crippen LogP contribution in [-0.2, 0) is 4.74 Å². The lowest BCUT2D eigenvalue weighted by molar-refractivity contribution is 0.308. The van der Waals surface area contributed by atoms with Crippen molar-refractivity contribution in [2.75, 3.05) is 13.2 Å². The molecule has 0 fully saturated rings. The highest BCUT2D eigenvalue weighted by Crippen LogP contribution is 2.13. The normalized spacial score (nSPS) is 26.0. The Morgan fingerprint density at radius 3 is 3.00 bits per heavy atom. The first-order valence-electron chi connectivity index (χ1n) is 3.51. The highest BCUT2D eigenvalue weighted by Gasteiger charge is 2.16. The molecule has 0 amide bonds. The van der Waals surface area contributed by atoms with E-state index in [2.05, 4.69) is 11.9 Å². The smallest absolute Gasteiger partial charge is 0.186 e. The molecule has 1 rings (SSSR count). The van der Waals surface area contributed by atoms with Crippen molar-refractivity contribution in [2.45, 2.75) is 20.3 Å². The molecule has 0 radical (unpaired) electrons. The molecular weight excluding hydrogens is 114 g/mol. The largest absolute Gasteiger partial charge is 0.481 e. The summed E-state index contributed by atoms with van der Waals surface area (Å²) >= 11 is 0. The van der Waals surface area contributed by atoms with Crippen LogP contribution in [0.4, 0.5) is 0 Å². The van der Waals surface area contributed by atoms with E-state index in [1.54, 1.807) is 0 Å². The molecule has 0 aromatic rings. The van der Waals surface area contributed by atoms with Gasteiger partial charge in [0.25, 0.3) is 0 Å². The van der Waals surface area contributed by atoms with E-state index in [1.165, 1.54) is 0 Å². The Morgan fingerprint density at radius 1 is 1.78 bits per heavy atom. The second-order valence-electron chi connectivity index (χ2n) is 2.34. The topological polar surface area (TPSA) is 21.6 Å². The van der Waals surface area contributed by atoms with Crippen molar-refractivity contribution >= 4 is 5.90 Å². The Bertz CT molecular complexity index is 120. The third-order valence-corrected chi connectivity index (χ3v) is 1.54. The maximum absolute atomic E-state index is 5.27. The van der Waals surface area contributed by atoms with Crippen LogP contribution in [-0.4, -0.2) is 19.0 Å². The Hall–Kier alpha value is -0.530. The monoisotopic (exact) mass is 127 g/mol. The van der Waals surface area contributed by atoms with Gasteiger partial charge in [0.05, 0.1) is 6.61 Å². The van der Waals surface area contributed by atoms with E-state index in [0.717, 1.165) is 25.5 Å². The van der Waals surface area contributed by atoms with Crippen LogP contribution in [0.15, 0.2) is 4.99 Å². The van der Waals surface area contributed by atoms with E-state index in [-0.39, 0.29) is 0 Å². The maximum Gasteiger partial charge on any atom is 0.186 e. The molecule has 0 saturated heterocycles. The Morgan fingerprint density at radius 2 is 2.56 bits per heavy atom. The minimum atomic E-state index is 0.560. The van der Waals surface area contributed by atoms with Crippen molar-refractivity contribution in [1.29, 1.82) is 0 Å². The van der Waals surface area contributed by atoms with Crippen LogP contribution in [0.5, 0.6) is 0 Å². The van der Waals surface area contributed by atoms with E-state index in [0.29, 0.717) is 5.92 Å². The van der Waals surface area contributed by atoms with E-state index in [9.17, 15) is 0 Å². The first-order chi connectivity index (χ1) is 4.34. The predicted octanol–water partition coefficient (Wildman–Crippen LogP) is 1.46. The van der Waals surface area contributed by atoms with Crippen LogP contribution >= 0.6 is 0 Å². The molecule has 0 saturated carbocycles. The van der Waals surface area contributed by atoms with Crippen LogP contribution in [0.25, 0.3) is 0 Å². The fourth-order valence-corrected chi connectivity index (χ4v) is 0.983. The van der Waals surface area contributed by atoms with E-state index >= 15 is 0 Å². The minimum Gasteiger partial charge on any atom is -0.481 e. The molecule has 52 valence electrons. The van der Waals surface area contributed by atoms with Gasteiger partial charge in [0.2, 0.25) is 0 Å². The second-order valence-corrected chi connectivity index (χ2v) is 2.34. The minimum absolute atomic E-state index is 0.560. The quantitative estimate of drug-likeness (QED) is 0.522. The second kappa shape index (κ2) is 2.85. The van der Waals surface area contributed by atoms with E-state index in [4.69, 9.17) is 4.74 Å². The zero-order chi connectivity index (χ0) is 6.69. The zero-order valence-electron chi connectivity index (χ0n) is 6.05. The summed E-state index contributed by atoms with van der Waals surface area (Å²) in [5.74, 6) is 1.52. The Balaban J connectivity index is 2.38. The number of nitrogens with zero attached hydrogens (tertiary/aromatic N) is 1. The van der Waals surface area contributed by atoms with Crippen molar-refractivity contribution in [3.63, 3.8) is 0 Å². The molecule has 1 aliphatic heterocycles. The van der Waals surface area contributed by atoms with Gasteiger partial charge in [-0.3, -0.25) is 4.99 Å². The summed E-state index contributed by atoms with van der Waals surface area (Å²) in [5.41, 5.74) is 0. The van der Waals surface area contributed by atoms with Gasteiger partial charge in [0.1, 0.15) is 0 Å². The first kappa shape index (κ1) is 6.59. The number of rotatable bonds is 1. The van der Waals surface area contributed by atoms with Crippen LogP contribution in [0.1, 0.15) is 20.3 Å². The molecule has 0 aliphatic carbocycles. The molecule has 0 spiro atoms. The number of ether oxygens (including phenoxy) is 1. The molecule has 0 aromatic carbocycles. The summed E-state index contributed by atoms with van der Waals surface area (Å²) in [4.78, 5) is 4.20. The average Bonchev–Trinajstić information content (AvgIpc) is 2.18. The molecule has 1 unspecified atom stereocenters. The lowest BCUT2D eigenvalue weighted by atomic mass is 10.1. The van der Waals surface area contributed by atoms with Crippen LogP contribution in [0.3, 0.4) is 0 Å². The highest BCUT2D eigenvalue weighted by atomic mass is 16.5. The SMILES string of the molecule is CCOC1=NCCC1C. The molecule has 0 aromatic heterocycles. The molecule has 2 heteroatoms. The molecule has 1 heterocycles. The van der Waals surface area contributed by atoms with Gasteiger partial charge in [-0.15, -0.1) is 0 Å². The fraction of sp³-hybridized carbons (Fsp3) is 0.857. The van der Waals surface area contributed by atoms with Crippen molar-refractivity contribution in [3.8, 4) is 0 Å². The third kappa shape index (κ3) is 1.44. The molecule has 2 nitrogen and oxygen atoms in total. The molecule has 9 heavy (non-hydrogen) atoms. The number of aliphatic imine (C=N–C) groups is 1. The van der Waals surface area contributed by atoms with Gasteiger partial charge in [0.15, 0.2) is 5.90 Å². The van der Waals surface area contributed by atoms with Crippen LogP contribution < -0.4 is 0 Å². The van der Waals surface area contributed by atoms with E-state index in [1.807, 2.05) is 6.92 Å². The summed E-state index contributed by atoms with van der Waals surface area (Å²) in [6.45, 7) is 5.86. The van der Waals surface area contributed by atoms with Gasteiger partial charge in [0, 0.05) is 12.5 Å². The van der Waals surface area contributed by atoms with E-state index < -0.39 is 0 Å². The first-order valence-corrected chi connectivity index (χ1v) is 3.51. The molecular formula is C7H13NO. The van der Waals surface area contributed by atoms with Gasteiger partial charge >= 0.3 is 0 Å². The summed E-state index contributed by atoms with van der Waals surface area (Å²) in [6.07, 6.45) is 1.16. The van der Waals surface area contributed by atoms with Crippen molar-refractivity contribution in [3.05, 3.63) is 0 Å².